The number of hydrogen-bond donors (Lipinski definition) is 1. The quantitative estimate of drug-likeness (QED) is 0.672. The summed E-state index contributed by atoms with van der Waals surface area (Å²) in [5.41, 5.74) is 0. The van der Waals surface area contributed by atoms with Gasteiger partial charge in [0.2, 0.25) is 0 Å². The van der Waals surface area contributed by atoms with E-state index in [1.54, 1.807) is 0 Å². The number of nitrogens with zero attached hydrogens (tertiary/aromatic N) is 1. The van der Waals surface area contributed by atoms with Crippen LogP contribution >= 0.6 is 0 Å². The van der Waals surface area contributed by atoms with Crippen molar-refractivity contribution >= 4 is 0 Å². The maximum absolute atomic E-state index is 3.39. The summed E-state index contributed by atoms with van der Waals surface area (Å²) in [4.78, 5) is 2.66. The molecule has 1 N–H and O–H groups in total. The fourth-order valence-corrected chi connectivity index (χ4v) is 2.67. The van der Waals surface area contributed by atoms with Crippen molar-refractivity contribution < 1.29 is 0 Å². The van der Waals surface area contributed by atoms with Crippen molar-refractivity contribution in [1.82, 2.24) is 10.2 Å². The normalized spacial score (nSPS) is 21.2. The highest BCUT2D eigenvalue weighted by molar-refractivity contribution is 4.78. The van der Waals surface area contributed by atoms with Crippen molar-refractivity contribution in [2.75, 3.05) is 26.7 Å². The number of likely N-dealkylation sites (tertiary alicyclic amines) is 1. The van der Waals surface area contributed by atoms with Crippen molar-refractivity contribution in [3.63, 3.8) is 0 Å². The van der Waals surface area contributed by atoms with Gasteiger partial charge in [-0.1, -0.05) is 26.2 Å². The molecule has 96 valence electrons. The fourth-order valence-electron chi connectivity index (χ4n) is 2.67. The maximum Gasteiger partial charge on any atom is 0.00649 e. The van der Waals surface area contributed by atoms with E-state index in [-0.39, 0.29) is 0 Å². The Bertz CT molecular complexity index is 162. The highest BCUT2D eigenvalue weighted by Gasteiger charge is 2.22. The third-order valence-corrected chi connectivity index (χ3v) is 4.12. The van der Waals surface area contributed by atoms with Gasteiger partial charge in [-0.25, -0.2) is 0 Å². The lowest BCUT2D eigenvalue weighted by molar-refractivity contribution is 0.162. The molecule has 0 bridgehead atoms. The van der Waals surface area contributed by atoms with Gasteiger partial charge in [-0.3, -0.25) is 0 Å². The molecule has 0 aromatic heterocycles. The number of rotatable bonds is 7. The van der Waals surface area contributed by atoms with E-state index in [2.05, 4.69) is 31.1 Å². The van der Waals surface area contributed by atoms with Gasteiger partial charge >= 0.3 is 0 Å². The van der Waals surface area contributed by atoms with Crippen molar-refractivity contribution in [2.24, 2.45) is 5.92 Å². The van der Waals surface area contributed by atoms with Crippen molar-refractivity contribution in [3.05, 3.63) is 0 Å². The molecule has 0 radical (unpaired) electrons. The minimum Gasteiger partial charge on any atom is -0.317 e. The molecule has 0 saturated carbocycles. The average molecular weight is 226 g/mol. The highest BCUT2D eigenvalue weighted by atomic mass is 15.1. The lowest BCUT2D eigenvalue weighted by Crippen LogP contribution is -2.41. The lowest BCUT2D eigenvalue weighted by Gasteiger charge is -2.34. The molecule has 1 aliphatic rings. The Balaban J connectivity index is 2.07. The molecule has 1 rings (SSSR count). The number of nitrogens with one attached hydrogen (secondary N) is 1. The van der Waals surface area contributed by atoms with Crippen LogP contribution in [-0.4, -0.2) is 37.6 Å². The van der Waals surface area contributed by atoms with E-state index in [4.69, 9.17) is 0 Å². The van der Waals surface area contributed by atoms with Crippen LogP contribution in [0.25, 0.3) is 0 Å². The van der Waals surface area contributed by atoms with Gasteiger partial charge in [0.1, 0.15) is 0 Å². The summed E-state index contributed by atoms with van der Waals surface area (Å²) >= 11 is 0. The molecule has 16 heavy (non-hydrogen) atoms. The van der Waals surface area contributed by atoms with Gasteiger partial charge < -0.3 is 10.2 Å². The smallest absolute Gasteiger partial charge is 0.00649 e. The summed E-state index contributed by atoms with van der Waals surface area (Å²) < 4.78 is 0. The summed E-state index contributed by atoms with van der Waals surface area (Å²) in [6, 6.07) is 0.697. The van der Waals surface area contributed by atoms with Crippen LogP contribution in [0.3, 0.4) is 0 Å². The van der Waals surface area contributed by atoms with Crippen molar-refractivity contribution in [1.29, 1.82) is 0 Å². The van der Waals surface area contributed by atoms with Crippen LogP contribution in [0, 0.1) is 5.92 Å². The van der Waals surface area contributed by atoms with E-state index in [1.807, 2.05) is 0 Å². The Kier molecular flexibility index (Phi) is 7.06. The molecule has 0 aromatic carbocycles. The Morgan fingerprint density at radius 1 is 1.19 bits per heavy atom. The summed E-state index contributed by atoms with van der Waals surface area (Å²) in [5, 5.41) is 3.39. The molecular weight excluding hydrogens is 196 g/mol. The zero-order valence-corrected chi connectivity index (χ0v) is 11.5. The van der Waals surface area contributed by atoms with Crippen LogP contribution in [0.5, 0.6) is 0 Å². The number of unbranched alkanes of at least 4 members (excludes halogenated alkanes) is 3. The topological polar surface area (TPSA) is 15.3 Å². The molecule has 0 spiro atoms. The molecule has 1 unspecified atom stereocenters. The van der Waals surface area contributed by atoms with E-state index in [9.17, 15) is 0 Å². The predicted molar refractivity (Wildman–Crippen MR) is 71.8 cm³/mol. The second-order valence-electron chi connectivity index (χ2n) is 5.32. The van der Waals surface area contributed by atoms with Gasteiger partial charge in [0.05, 0.1) is 0 Å². The average Bonchev–Trinajstić information content (AvgIpc) is 2.34. The molecule has 0 aliphatic carbocycles. The van der Waals surface area contributed by atoms with Crippen molar-refractivity contribution in [2.45, 2.75) is 58.4 Å². The Morgan fingerprint density at radius 2 is 1.88 bits per heavy atom. The van der Waals surface area contributed by atoms with Gasteiger partial charge in [-0.05, 0) is 58.8 Å². The lowest BCUT2D eigenvalue weighted by atomic mass is 9.90. The number of hydrogen-bond acceptors (Lipinski definition) is 2. The van der Waals surface area contributed by atoms with Crippen LogP contribution in [0.4, 0.5) is 0 Å². The summed E-state index contributed by atoms with van der Waals surface area (Å²) in [6.45, 7) is 8.58. The second kappa shape index (κ2) is 8.08. The number of piperidine rings is 1. The molecule has 1 fully saturated rings. The molecule has 1 aliphatic heterocycles. The first-order valence-electron chi connectivity index (χ1n) is 7.17. The van der Waals surface area contributed by atoms with Crippen LogP contribution in [0.1, 0.15) is 52.4 Å². The molecular formula is C14H30N2. The largest absolute Gasteiger partial charge is 0.317 e. The van der Waals surface area contributed by atoms with Gasteiger partial charge in [-0.2, -0.15) is 0 Å². The third kappa shape index (κ3) is 4.84. The Hall–Kier alpha value is -0.0800. The Morgan fingerprint density at radius 3 is 2.44 bits per heavy atom. The molecule has 0 amide bonds. The minimum absolute atomic E-state index is 0.697. The monoisotopic (exact) mass is 226 g/mol. The first-order chi connectivity index (χ1) is 7.77. The van der Waals surface area contributed by atoms with Crippen LogP contribution in [0.15, 0.2) is 0 Å². The molecule has 2 heteroatoms. The summed E-state index contributed by atoms with van der Waals surface area (Å²) in [7, 11) is 2.09. The zero-order chi connectivity index (χ0) is 11.8. The predicted octanol–water partition coefficient (Wildman–Crippen LogP) is 2.89. The molecule has 1 heterocycles. The molecule has 2 nitrogen and oxygen atoms in total. The zero-order valence-electron chi connectivity index (χ0n) is 11.5. The summed E-state index contributed by atoms with van der Waals surface area (Å²) in [6.07, 6.45) is 8.35. The molecule has 1 atom stereocenters. The maximum atomic E-state index is 3.39. The van der Waals surface area contributed by atoms with Gasteiger partial charge in [-0.15, -0.1) is 0 Å². The van der Waals surface area contributed by atoms with E-state index >= 15 is 0 Å². The highest BCUT2D eigenvalue weighted by Crippen LogP contribution is 2.20. The van der Waals surface area contributed by atoms with Crippen LogP contribution < -0.4 is 5.32 Å². The van der Waals surface area contributed by atoms with Gasteiger partial charge in [0.15, 0.2) is 0 Å². The first kappa shape index (κ1) is 14.0. The Labute approximate surface area is 102 Å². The first-order valence-corrected chi connectivity index (χ1v) is 7.17. The van der Waals surface area contributed by atoms with Gasteiger partial charge in [0.25, 0.3) is 0 Å². The van der Waals surface area contributed by atoms with E-state index in [0.717, 1.165) is 5.92 Å². The van der Waals surface area contributed by atoms with E-state index in [1.165, 1.54) is 58.2 Å². The minimum atomic E-state index is 0.697. The molecule has 0 aromatic rings. The summed E-state index contributed by atoms with van der Waals surface area (Å²) in [5.74, 6) is 0.900. The molecule has 1 saturated heterocycles. The fraction of sp³-hybridized carbons (Fsp3) is 1.00. The van der Waals surface area contributed by atoms with Crippen molar-refractivity contribution in [3.8, 4) is 0 Å². The third-order valence-electron chi connectivity index (χ3n) is 4.12. The van der Waals surface area contributed by atoms with Crippen LogP contribution in [-0.2, 0) is 0 Å². The SMILES string of the molecule is CCCCCCN1CCC(C(C)NC)CC1. The van der Waals surface area contributed by atoms with E-state index in [0.29, 0.717) is 6.04 Å². The van der Waals surface area contributed by atoms with E-state index < -0.39 is 0 Å². The second-order valence-corrected chi connectivity index (χ2v) is 5.32. The van der Waals surface area contributed by atoms with Gasteiger partial charge in [0, 0.05) is 6.04 Å². The van der Waals surface area contributed by atoms with Crippen LogP contribution in [0.2, 0.25) is 0 Å². The standard InChI is InChI=1S/C14H30N2/c1-4-5-6-7-10-16-11-8-14(9-12-16)13(2)15-3/h13-15H,4-12H2,1-3H3.